The van der Waals surface area contributed by atoms with Gasteiger partial charge in [-0.1, -0.05) is 80.6 Å². The summed E-state index contributed by atoms with van der Waals surface area (Å²) in [5.74, 6) is -2.18. The van der Waals surface area contributed by atoms with E-state index in [2.05, 4.69) is 10.6 Å². The van der Waals surface area contributed by atoms with Crippen LogP contribution < -0.4 is 10.6 Å². The lowest BCUT2D eigenvalue weighted by atomic mass is 10.1. The number of carbonyl (C=O) groups is 3. The molecule has 3 atom stereocenters. The van der Waals surface area contributed by atoms with Crippen LogP contribution in [-0.4, -0.2) is 52.5 Å². The Labute approximate surface area is 249 Å². The second kappa shape index (κ2) is 16.0. The molecule has 42 heavy (non-hydrogen) atoms. The summed E-state index contributed by atoms with van der Waals surface area (Å²) in [5, 5.41) is 5.62. The SMILES string of the molecule is CCCN(CCC)C(=O)c1cccc(C(=O)NC(Cc2ccccc2)P(=O)(O)CCC(=O)N[C@@H](C)c2ccccc2)c1. The van der Waals surface area contributed by atoms with Crippen LogP contribution in [0.4, 0.5) is 0 Å². The van der Waals surface area contributed by atoms with Crippen molar-refractivity contribution in [1.29, 1.82) is 0 Å². The second-order valence-corrected chi connectivity index (χ2v) is 13.1. The Morgan fingerprint density at radius 2 is 1.43 bits per heavy atom. The van der Waals surface area contributed by atoms with Crippen molar-refractivity contribution in [3.05, 3.63) is 107 Å². The average Bonchev–Trinajstić information content (AvgIpc) is 3.00. The van der Waals surface area contributed by atoms with Crippen LogP contribution in [0.2, 0.25) is 0 Å². The van der Waals surface area contributed by atoms with Gasteiger partial charge in [-0.15, -0.1) is 0 Å². The molecule has 0 saturated heterocycles. The zero-order valence-corrected chi connectivity index (χ0v) is 25.6. The third kappa shape index (κ3) is 9.68. The first-order valence-corrected chi connectivity index (χ1v) is 16.5. The fraction of sp³-hybridized carbons (Fsp3) is 0.364. The first-order chi connectivity index (χ1) is 20.1. The fourth-order valence-corrected chi connectivity index (χ4v) is 6.40. The minimum atomic E-state index is -4.04. The van der Waals surface area contributed by atoms with Crippen LogP contribution in [0, 0.1) is 0 Å². The molecule has 224 valence electrons. The van der Waals surface area contributed by atoms with E-state index >= 15 is 0 Å². The van der Waals surface area contributed by atoms with E-state index in [4.69, 9.17) is 0 Å². The van der Waals surface area contributed by atoms with E-state index < -0.39 is 19.1 Å². The number of hydrogen-bond donors (Lipinski definition) is 3. The van der Waals surface area contributed by atoms with Gasteiger partial charge in [0.1, 0.15) is 5.78 Å². The largest absolute Gasteiger partial charge is 0.350 e. The smallest absolute Gasteiger partial charge is 0.253 e. The van der Waals surface area contributed by atoms with Crippen LogP contribution in [0.5, 0.6) is 0 Å². The van der Waals surface area contributed by atoms with E-state index in [1.807, 2.05) is 81.4 Å². The topological polar surface area (TPSA) is 116 Å². The zero-order chi connectivity index (χ0) is 30.5. The van der Waals surface area contributed by atoms with Gasteiger partial charge in [-0.05, 0) is 49.1 Å². The van der Waals surface area contributed by atoms with Crippen molar-refractivity contribution in [2.24, 2.45) is 0 Å². The Hall–Kier alpha value is -3.74. The Morgan fingerprint density at radius 1 is 0.833 bits per heavy atom. The highest BCUT2D eigenvalue weighted by atomic mass is 31.2. The highest BCUT2D eigenvalue weighted by Gasteiger charge is 2.33. The molecule has 3 rings (SSSR count). The van der Waals surface area contributed by atoms with Crippen molar-refractivity contribution in [1.82, 2.24) is 15.5 Å². The second-order valence-electron chi connectivity index (χ2n) is 10.5. The van der Waals surface area contributed by atoms with E-state index in [9.17, 15) is 23.8 Å². The molecule has 3 amide bonds. The first-order valence-electron chi connectivity index (χ1n) is 14.5. The first kappa shape index (κ1) is 32.8. The van der Waals surface area contributed by atoms with Crippen LogP contribution >= 0.6 is 7.37 Å². The molecule has 0 aliphatic rings. The third-order valence-electron chi connectivity index (χ3n) is 7.04. The highest BCUT2D eigenvalue weighted by Crippen LogP contribution is 2.47. The number of carbonyl (C=O) groups excluding carboxylic acids is 3. The van der Waals surface area contributed by atoms with Crippen LogP contribution in [0.15, 0.2) is 84.9 Å². The van der Waals surface area contributed by atoms with E-state index in [1.165, 1.54) is 6.07 Å². The van der Waals surface area contributed by atoms with Gasteiger partial charge in [0.2, 0.25) is 13.3 Å². The summed E-state index contributed by atoms with van der Waals surface area (Å²) in [6.45, 7) is 7.11. The number of hydrogen-bond acceptors (Lipinski definition) is 4. The number of amides is 3. The Kier molecular flexibility index (Phi) is 12.5. The molecule has 0 heterocycles. The lowest BCUT2D eigenvalue weighted by molar-refractivity contribution is -0.121. The molecule has 3 aromatic rings. The van der Waals surface area contributed by atoms with Crippen molar-refractivity contribution in [3.63, 3.8) is 0 Å². The molecule has 8 nitrogen and oxygen atoms in total. The van der Waals surface area contributed by atoms with Crippen molar-refractivity contribution < 1.29 is 23.8 Å². The molecule has 0 aliphatic carbocycles. The average molecular weight is 592 g/mol. The molecule has 0 aromatic heterocycles. The molecule has 2 unspecified atom stereocenters. The Bertz CT molecular complexity index is 1360. The minimum Gasteiger partial charge on any atom is -0.350 e. The molecule has 0 fully saturated rings. The number of rotatable bonds is 15. The van der Waals surface area contributed by atoms with Gasteiger partial charge in [-0.3, -0.25) is 18.9 Å². The molecule has 0 aliphatic heterocycles. The van der Waals surface area contributed by atoms with E-state index in [1.54, 1.807) is 23.1 Å². The van der Waals surface area contributed by atoms with Crippen LogP contribution in [0.1, 0.15) is 77.9 Å². The van der Waals surface area contributed by atoms with Gasteiger partial charge in [0.25, 0.3) is 11.8 Å². The molecular weight excluding hydrogens is 549 g/mol. The summed E-state index contributed by atoms with van der Waals surface area (Å²) >= 11 is 0. The van der Waals surface area contributed by atoms with Crippen LogP contribution in [0.3, 0.4) is 0 Å². The summed E-state index contributed by atoms with van der Waals surface area (Å²) in [6, 6.07) is 24.8. The van der Waals surface area contributed by atoms with Gasteiger partial charge < -0.3 is 20.4 Å². The molecular formula is C33H42N3O5P. The van der Waals surface area contributed by atoms with Gasteiger partial charge in [0.05, 0.1) is 6.04 Å². The van der Waals surface area contributed by atoms with Crippen LogP contribution in [0.25, 0.3) is 0 Å². The molecule has 0 saturated carbocycles. The minimum absolute atomic E-state index is 0.113. The molecule has 9 heteroatoms. The van der Waals surface area contributed by atoms with E-state index in [0.717, 1.165) is 24.0 Å². The van der Waals surface area contributed by atoms with Gasteiger partial charge >= 0.3 is 0 Å². The van der Waals surface area contributed by atoms with Gasteiger partial charge in [-0.2, -0.15) is 0 Å². The molecule has 3 aromatic carbocycles. The lowest BCUT2D eigenvalue weighted by Gasteiger charge is -2.25. The Morgan fingerprint density at radius 3 is 2.05 bits per heavy atom. The number of nitrogens with zero attached hydrogens (tertiary/aromatic N) is 1. The third-order valence-corrected chi connectivity index (χ3v) is 9.19. The summed E-state index contributed by atoms with van der Waals surface area (Å²) in [7, 11) is -4.04. The van der Waals surface area contributed by atoms with E-state index in [-0.39, 0.29) is 42.4 Å². The van der Waals surface area contributed by atoms with Crippen molar-refractivity contribution >= 4 is 25.1 Å². The fourth-order valence-electron chi connectivity index (χ4n) is 4.75. The van der Waals surface area contributed by atoms with Crippen LogP contribution in [-0.2, 0) is 15.8 Å². The molecule has 0 radical (unpaired) electrons. The van der Waals surface area contributed by atoms with Crippen molar-refractivity contribution in [2.45, 2.75) is 58.3 Å². The lowest BCUT2D eigenvalue weighted by Crippen LogP contribution is -2.38. The van der Waals surface area contributed by atoms with E-state index in [0.29, 0.717) is 18.7 Å². The summed E-state index contributed by atoms with van der Waals surface area (Å²) in [5.41, 5.74) is 2.32. The number of nitrogens with one attached hydrogen (secondary N) is 2. The van der Waals surface area contributed by atoms with Gasteiger partial charge in [-0.25, -0.2) is 0 Å². The maximum Gasteiger partial charge on any atom is 0.253 e. The molecule has 0 bridgehead atoms. The maximum atomic E-state index is 13.7. The maximum absolute atomic E-state index is 13.7. The summed E-state index contributed by atoms with van der Waals surface area (Å²) < 4.78 is 13.7. The number of benzene rings is 3. The highest BCUT2D eigenvalue weighted by molar-refractivity contribution is 7.58. The summed E-state index contributed by atoms with van der Waals surface area (Å²) in [6.07, 6.45) is 1.30. The predicted octanol–water partition coefficient (Wildman–Crippen LogP) is 5.79. The predicted molar refractivity (Wildman–Crippen MR) is 167 cm³/mol. The quantitative estimate of drug-likeness (QED) is 0.194. The Balaban J connectivity index is 1.75. The van der Waals surface area contributed by atoms with Crippen molar-refractivity contribution in [2.75, 3.05) is 19.3 Å². The molecule has 0 spiro atoms. The molecule has 3 N–H and O–H groups in total. The summed E-state index contributed by atoms with van der Waals surface area (Å²) in [4.78, 5) is 52.1. The van der Waals surface area contributed by atoms with Gasteiger partial charge in [0, 0.05) is 43.2 Å². The monoisotopic (exact) mass is 591 g/mol. The normalized spacial score (nSPS) is 13.8. The zero-order valence-electron chi connectivity index (χ0n) is 24.7. The van der Waals surface area contributed by atoms with Crippen molar-refractivity contribution in [3.8, 4) is 0 Å². The van der Waals surface area contributed by atoms with Gasteiger partial charge in [0.15, 0.2) is 0 Å². The standard InChI is InChI=1S/C33H42N3O5P/c1-4-20-36(21-5-2)33(39)29-18-12-17-28(24-29)32(38)35-31(23-26-13-8-6-9-14-26)42(40,41)22-19-30(37)34-25(3)27-15-10-7-11-16-27/h6-18,24-25,31H,4-5,19-23H2,1-3H3,(H,34,37)(H,35,38)(H,40,41)/t25-,31?/m0/s1.